The molecule has 1 aromatic carbocycles. The minimum Gasteiger partial charge on any atom is -0.387 e. The van der Waals surface area contributed by atoms with Gasteiger partial charge in [-0.1, -0.05) is 36.2 Å². The smallest absolute Gasteiger partial charge is 0.227 e. The Balaban J connectivity index is 1.28. The highest BCUT2D eigenvalue weighted by atomic mass is 35.5. The second-order valence-corrected chi connectivity index (χ2v) is 9.82. The zero-order valence-electron chi connectivity index (χ0n) is 18.0. The summed E-state index contributed by atoms with van der Waals surface area (Å²) in [5, 5.41) is 14.7. The Morgan fingerprint density at radius 3 is 2.66 bits per heavy atom. The third kappa shape index (κ3) is 3.85. The number of carbonyl (C=O) groups excluding carboxylic acids is 1. The average molecular weight is 476 g/mol. The summed E-state index contributed by atoms with van der Waals surface area (Å²) in [6, 6.07) is 5.65. The van der Waals surface area contributed by atoms with Gasteiger partial charge in [-0.25, -0.2) is 9.97 Å². The van der Waals surface area contributed by atoms with Gasteiger partial charge in [-0.05, 0) is 30.0 Å². The average Bonchev–Trinajstić information content (AvgIpc) is 3.40. The first kappa shape index (κ1) is 21.9. The molecular formula is C23H27Cl2N5O2. The first-order valence-electron chi connectivity index (χ1n) is 11.2. The number of piperazine rings is 1. The Morgan fingerprint density at radius 2 is 1.91 bits per heavy atom. The summed E-state index contributed by atoms with van der Waals surface area (Å²) < 4.78 is 0. The van der Waals surface area contributed by atoms with E-state index in [2.05, 4.69) is 27.1 Å². The van der Waals surface area contributed by atoms with Gasteiger partial charge in [-0.2, -0.15) is 0 Å². The van der Waals surface area contributed by atoms with Gasteiger partial charge in [0.15, 0.2) is 0 Å². The number of hydrogen-bond donors (Lipinski definition) is 2. The first-order chi connectivity index (χ1) is 15.4. The summed E-state index contributed by atoms with van der Waals surface area (Å²) >= 11 is 12.3. The second-order valence-electron chi connectivity index (χ2n) is 9.01. The van der Waals surface area contributed by atoms with Gasteiger partial charge in [0, 0.05) is 50.7 Å². The molecule has 7 nitrogen and oxygen atoms in total. The van der Waals surface area contributed by atoms with Crippen molar-refractivity contribution in [2.45, 2.75) is 31.3 Å². The van der Waals surface area contributed by atoms with Crippen molar-refractivity contribution in [2.24, 2.45) is 5.92 Å². The van der Waals surface area contributed by atoms with E-state index in [-0.39, 0.29) is 23.7 Å². The molecule has 3 aliphatic rings. The molecule has 1 aliphatic carbocycles. The van der Waals surface area contributed by atoms with Crippen molar-refractivity contribution in [1.82, 2.24) is 20.2 Å². The molecule has 2 aliphatic heterocycles. The van der Waals surface area contributed by atoms with Gasteiger partial charge in [0.1, 0.15) is 12.1 Å². The SMILES string of the molecule is C[C@@H]1C[C@@H](O)c2ncnc(N3CCN(C(=O)[C@H]4CNC[C@@H]4c4ccc(Cl)c(Cl)c4)CC3)c21. The van der Waals surface area contributed by atoms with Crippen LogP contribution in [0.2, 0.25) is 10.0 Å². The predicted octanol–water partition coefficient (Wildman–Crippen LogP) is 2.98. The lowest BCUT2D eigenvalue weighted by atomic mass is 9.88. The van der Waals surface area contributed by atoms with Crippen molar-refractivity contribution in [1.29, 1.82) is 0 Å². The summed E-state index contributed by atoms with van der Waals surface area (Å²) in [5.41, 5.74) is 2.85. The third-order valence-corrected chi connectivity index (χ3v) is 7.81. The van der Waals surface area contributed by atoms with E-state index in [0.717, 1.165) is 42.3 Å². The number of fused-ring (bicyclic) bond motifs is 1. The van der Waals surface area contributed by atoms with E-state index in [1.165, 1.54) is 0 Å². The van der Waals surface area contributed by atoms with E-state index in [4.69, 9.17) is 23.2 Å². The number of anilines is 1. The molecule has 4 atom stereocenters. The lowest BCUT2D eigenvalue weighted by molar-refractivity contribution is -0.135. The molecule has 0 saturated carbocycles. The van der Waals surface area contributed by atoms with Crippen LogP contribution in [-0.2, 0) is 4.79 Å². The van der Waals surface area contributed by atoms with E-state index >= 15 is 0 Å². The van der Waals surface area contributed by atoms with Crippen LogP contribution >= 0.6 is 23.2 Å². The van der Waals surface area contributed by atoms with Crippen LogP contribution in [0.1, 0.15) is 48.1 Å². The fourth-order valence-corrected chi connectivity index (χ4v) is 5.67. The molecule has 0 radical (unpaired) electrons. The van der Waals surface area contributed by atoms with Gasteiger partial charge in [0.05, 0.1) is 27.8 Å². The number of nitrogens with one attached hydrogen (secondary N) is 1. The fourth-order valence-electron chi connectivity index (χ4n) is 5.36. The number of aromatic nitrogens is 2. The second kappa shape index (κ2) is 8.78. The van der Waals surface area contributed by atoms with Crippen molar-refractivity contribution in [3.05, 3.63) is 51.4 Å². The van der Waals surface area contributed by atoms with Crippen molar-refractivity contribution in [3.8, 4) is 0 Å². The molecule has 2 fully saturated rings. The summed E-state index contributed by atoms with van der Waals surface area (Å²) in [6.07, 6.45) is 1.71. The van der Waals surface area contributed by atoms with Gasteiger partial charge in [0.25, 0.3) is 0 Å². The number of nitrogens with zero attached hydrogens (tertiary/aromatic N) is 4. The number of aliphatic hydroxyl groups is 1. The van der Waals surface area contributed by atoms with E-state index < -0.39 is 6.10 Å². The molecule has 0 bridgehead atoms. The molecule has 2 aromatic rings. The summed E-state index contributed by atoms with van der Waals surface area (Å²) in [7, 11) is 0. The molecule has 5 rings (SSSR count). The number of halogens is 2. The molecular weight excluding hydrogens is 449 g/mol. The van der Waals surface area contributed by atoms with Crippen LogP contribution in [0.3, 0.4) is 0 Å². The highest BCUT2D eigenvalue weighted by Crippen LogP contribution is 2.43. The molecule has 1 amide bonds. The molecule has 2 N–H and O–H groups in total. The molecule has 32 heavy (non-hydrogen) atoms. The summed E-state index contributed by atoms with van der Waals surface area (Å²) in [5.74, 6) is 1.29. The molecule has 2 saturated heterocycles. The fraction of sp³-hybridized carbons (Fsp3) is 0.522. The zero-order valence-corrected chi connectivity index (χ0v) is 19.5. The molecule has 0 unspecified atom stereocenters. The predicted molar refractivity (Wildman–Crippen MR) is 124 cm³/mol. The highest BCUT2D eigenvalue weighted by molar-refractivity contribution is 6.42. The Bertz CT molecular complexity index is 1030. The van der Waals surface area contributed by atoms with Gasteiger partial charge < -0.3 is 20.2 Å². The van der Waals surface area contributed by atoms with Gasteiger partial charge in [-0.3, -0.25) is 4.79 Å². The van der Waals surface area contributed by atoms with E-state index in [1.807, 2.05) is 17.0 Å². The maximum absolute atomic E-state index is 13.4. The highest BCUT2D eigenvalue weighted by Gasteiger charge is 2.38. The van der Waals surface area contributed by atoms with Gasteiger partial charge in [-0.15, -0.1) is 0 Å². The van der Waals surface area contributed by atoms with Gasteiger partial charge >= 0.3 is 0 Å². The lowest BCUT2D eigenvalue weighted by Crippen LogP contribution is -2.51. The van der Waals surface area contributed by atoms with Crippen LogP contribution in [0, 0.1) is 5.92 Å². The zero-order chi connectivity index (χ0) is 22.4. The Hall–Kier alpha value is -1.93. The quantitative estimate of drug-likeness (QED) is 0.709. The normalized spacial score (nSPS) is 27.6. The van der Waals surface area contributed by atoms with E-state index in [9.17, 15) is 9.90 Å². The van der Waals surface area contributed by atoms with Crippen LogP contribution in [0.15, 0.2) is 24.5 Å². The largest absolute Gasteiger partial charge is 0.387 e. The molecule has 3 heterocycles. The molecule has 170 valence electrons. The summed E-state index contributed by atoms with van der Waals surface area (Å²) in [4.78, 5) is 26.5. The first-order valence-corrected chi connectivity index (χ1v) is 11.9. The van der Waals surface area contributed by atoms with Crippen molar-refractivity contribution in [2.75, 3.05) is 44.2 Å². The number of amides is 1. The van der Waals surface area contributed by atoms with Crippen LogP contribution < -0.4 is 10.2 Å². The van der Waals surface area contributed by atoms with Crippen LogP contribution in [0.25, 0.3) is 0 Å². The number of aliphatic hydroxyl groups excluding tert-OH is 1. The van der Waals surface area contributed by atoms with Crippen LogP contribution in [0.4, 0.5) is 5.82 Å². The maximum Gasteiger partial charge on any atom is 0.227 e. The number of carbonyl (C=O) groups is 1. The monoisotopic (exact) mass is 475 g/mol. The maximum atomic E-state index is 13.4. The summed E-state index contributed by atoms with van der Waals surface area (Å²) in [6.45, 7) is 6.27. The van der Waals surface area contributed by atoms with Crippen LogP contribution in [0.5, 0.6) is 0 Å². The van der Waals surface area contributed by atoms with Crippen LogP contribution in [-0.4, -0.2) is 65.2 Å². The van der Waals surface area contributed by atoms with E-state index in [0.29, 0.717) is 36.1 Å². The lowest BCUT2D eigenvalue weighted by Gasteiger charge is -2.38. The topological polar surface area (TPSA) is 81.6 Å². The molecule has 0 spiro atoms. The Morgan fingerprint density at radius 1 is 1.12 bits per heavy atom. The number of rotatable bonds is 3. The number of hydrogen-bond acceptors (Lipinski definition) is 6. The minimum atomic E-state index is -0.516. The van der Waals surface area contributed by atoms with Crippen molar-refractivity contribution < 1.29 is 9.90 Å². The van der Waals surface area contributed by atoms with E-state index in [1.54, 1.807) is 12.4 Å². The molecule has 9 heteroatoms. The van der Waals surface area contributed by atoms with Gasteiger partial charge in [0.2, 0.25) is 5.91 Å². The Labute approximate surface area is 197 Å². The molecule has 1 aromatic heterocycles. The van der Waals surface area contributed by atoms with Crippen molar-refractivity contribution >= 4 is 34.9 Å². The van der Waals surface area contributed by atoms with Crippen molar-refractivity contribution in [3.63, 3.8) is 0 Å². The number of benzene rings is 1. The third-order valence-electron chi connectivity index (χ3n) is 7.07. The standard InChI is InChI=1S/C23H27Cl2N5O2/c1-13-8-19(31)21-20(13)22(28-12-27-21)29-4-6-30(7-5-29)23(32)16-11-26-10-15(16)14-2-3-17(24)18(25)9-14/h2-3,9,12-13,15-16,19,26,31H,4-8,10-11H2,1H3/t13-,15-,16+,19-/m1/s1. The Kier molecular flexibility index (Phi) is 6.01. The minimum absolute atomic E-state index is 0.0859.